The first-order valence-corrected chi connectivity index (χ1v) is 9.68. The minimum Gasteiger partial charge on any atom is -0.390 e. The van der Waals surface area contributed by atoms with Gasteiger partial charge in [0, 0.05) is 21.0 Å². The predicted molar refractivity (Wildman–Crippen MR) is 114 cm³/mol. The molecule has 0 bridgehead atoms. The van der Waals surface area contributed by atoms with Crippen LogP contribution in [-0.2, 0) is 0 Å². The minimum absolute atomic E-state index is 0.0959. The van der Waals surface area contributed by atoms with E-state index in [9.17, 15) is 4.79 Å². The Balaban J connectivity index is 1.95. The van der Waals surface area contributed by atoms with Gasteiger partial charge >= 0.3 is 0 Å². The molecule has 0 unspecified atom stereocenters. The van der Waals surface area contributed by atoms with Crippen molar-refractivity contribution >= 4 is 33.7 Å². The quantitative estimate of drug-likeness (QED) is 0.402. The lowest BCUT2D eigenvalue weighted by atomic mass is 9.93. The third-order valence-electron chi connectivity index (χ3n) is 4.37. The highest BCUT2D eigenvalue weighted by Gasteiger charge is 2.25. The fourth-order valence-electron chi connectivity index (χ4n) is 3.09. The van der Waals surface area contributed by atoms with E-state index >= 15 is 0 Å². The number of anilines is 1. The number of rotatable bonds is 4. The maximum atomic E-state index is 13.3. The van der Waals surface area contributed by atoms with Crippen LogP contribution in [0.25, 0.3) is 21.6 Å². The van der Waals surface area contributed by atoms with E-state index in [-0.39, 0.29) is 5.78 Å². The van der Waals surface area contributed by atoms with Crippen LogP contribution in [-0.4, -0.2) is 5.78 Å². The van der Waals surface area contributed by atoms with Crippen LogP contribution >= 0.6 is 22.9 Å². The summed E-state index contributed by atoms with van der Waals surface area (Å²) in [5.74, 6) is -0.0959. The molecular weight excluding hydrogens is 374 g/mol. The summed E-state index contributed by atoms with van der Waals surface area (Å²) in [7, 11) is 0. The van der Waals surface area contributed by atoms with Gasteiger partial charge in [-0.3, -0.25) is 4.79 Å². The van der Waals surface area contributed by atoms with Gasteiger partial charge in [0.2, 0.25) is 0 Å². The van der Waals surface area contributed by atoms with Gasteiger partial charge < -0.3 is 5.73 Å². The Labute approximate surface area is 166 Å². The van der Waals surface area contributed by atoms with E-state index in [1.165, 1.54) is 11.3 Å². The molecule has 0 aliphatic carbocycles. The third-order valence-corrected chi connectivity index (χ3v) is 5.69. The summed E-state index contributed by atoms with van der Waals surface area (Å²) >= 11 is 7.42. The van der Waals surface area contributed by atoms with Gasteiger partial charge in [-0.25, -0.2) is 0 Å². The molecule has 3 aromatic carbocycles. The smallest absolute Gasteiger partial charge is 0.196 e. The van der Waals surface area contributed by atoms with Gasteiger partial charge in [-0.2, -0.15) is 0 Å². The van der Waals surface area contributed by atoms with E-state index in [4.69, 9.17) is 17.3 Å². The van der Waals surface area contributed by atoms with Crippen LogP contribution in [0.15, 0.2) is 84.9 Å². The zero-order valence-electron chi connectivity index (χ0n) is 14.4. The van der Waals surface area contributed by atoms with Crippen LogP contribution in [0, 0.1) is 0 Å². The SMILES string of the molecule is Nc1sc(-c2ccccc2)c(-c2ccccc2)c1C(=O)c1ccc(Cl)cc1. The number of halogens is 1. The Morgan fingerprint density at radius 2 is 1.33 bits per heavy atom. The molecule has 0 aliphatic rings. The lowest BCUT2D eigenvalue weighted by Gasteiger charge is -2.09. The second-order valence-electron chi connectivity index (χ2n) is 6.11. The summed E-state index contributed by atoms with van der Waals surface area (Å²) in [6.45, 7) is 0. The number of hydrogen-bond donors (Lipinski definition) is 1. The normalized spacial score (nSPS) is 10.7. The molecule has 0 radical (unpaired) electrons. The van der Waals surface area contributed by atoms with E-state index in [1.54, 1.807) is 24.3 Å². The van der Waals surface area contributed by atoms with Crippen molar-refractivity contribution in [2.75, 3.05) is 5.73 Å². The van der Waals surface area contributed by atoms with Gasteiger partial charge in [-0.05, 0) is 35.4 Å². The predicted octanol–water partition coefficient (Wildman–Crippen LogP) is 6.55. The lowest BCUT2D eigenvalue weighted by Crippen LogP contribution is -2.04. The molecule has 0 aliphatic heterocycles. The van der Waals surface area contributed by atoms with Crippen LogP contribution in [0.4, 0.5) is 5.00 Å². The van der Waals surface area contributed by atoms with Crippen molar-refractivity contribution in [2.45, 2.75) is 0 Å². The van der Waals surface area contributed by atoms with Gasteiger partial charge in [-0.1, -0.05) is 72.3 Å². The molecule has 1 aromatic heterocycles. The number of carbonyl (C=O) groups is 1. The molecule has 27 heavy (non-hydrogen) atoms. The first-order valence-electron chi connectivity index (χ1n) is 8.48. The van der Waals surface area contributed by atoms with E-state index in [0.717, 1.165) is 21.6 Å². The molecule has 132 valence electrons. The molecule has 4 aromatic rings. The molecule has 4 rings (SSSR count). The van der Waals surface area contributed by atoms with Crippen LogP contribution < -0.4 is 5.73 Å². The largest absolute Gasteiger partial charge is 0.390 e. The highest BCUT2D eigenvalue weighted by molar-refractivity contribution is 7.20. The summed E-state index contributed by atoms with van der Waals surface area (Å²) < 4.78 is 0. The second kappa shape index (κ2) is 7.39. The summed E-state index contributed by atoms with van der Waals surface area (Å²) in [6, 6.07) is 26.8. The zero-order chi connectivity index (χ0) is 18.8. The summed E-state index contributed by atoms with van der Waals surface area (Å²) in [6.07, 6.45) is 0. The van der Waals surface area contributed by atoms with Gasteiger partial charge in [0.05, 0.1) is 10.6 Å². The van der Waals surface area contributed by atoms with Crippen LogP contribution in [0.2, 0.25) is 5.02 Å². The third kappa shape index (κ3) is 3.39. The first kappa shape index (κ1) is 17.5. The molecule has 0 spiro atoms. The average molecular weight is 390 g/mol. The zero-order valence-corrected chi connectivity index (χ0v) is 15.9. The topological polar surface area (TPSA) is 43.1 Å². The number of hydrogen-bond acceptors (Lipinski definition) is 3. The number of carbonyl (C=O) groups excluding carboxylic acids is 1. The van der Waals surface area contributed by atoms with Crippen molar-refractivity contribution in [3.63, 3.8) is 0 Å². The van der Waals surface area contributed by atoms with Gasteiger partial charge in [0.15, 0.2) is 5.78 Å². The molecule has 0 atom stereocenters. The maximum absolute atomic E-state index is 13.3. The summed E-state index contributed by atoms with van der Waals surface area (Å²) in [5, 5.41) is 1.12. The van der Waals surface area contributed by atoms with Crippen LogP contribution in [0.5, 0.6) is 0 Å². The fraction of sp³-hybridized carbons (Fsp3) is 0. The number of nitrogens with two attached hydrogens (primary N) is 1. The van der Waals surface area contributed by atoms with Crippen molar-refractivity contribution in [1.82, 2.24) is 0 Å². The Morgan fingerprint density at radius 3 is 1.93 bits per heavy atom. The molecule has 0 saturated heterocycles. The molecular formula is C23H16ClNOS. The van der Waals surface area contributed by atoms with Crippen molar-refractivity contribution in [3.05, 3.63) is 101 Å². The maximum Gasteiger partial charge on any atom is 0.196 e. The fourth-order valence-corrected chi connectivity index (χ4v) is 4.31. The molecule has 0 saturated carbocycles. The Morgan fingerprint density at radius 1 is 0.778 bits per heavy atom. The summed E-state index contributed by atoms with van der Waals surface area (Å²) in [4.78, 5) is 14.3. The van der Waals surface area contributed by atoms with E-state index in [0.29, 0.717) is 21.2 Å². The number of nitrogen functional groups attached to an aromatic ring is 1. The highest BCUT2D eigenvalue weighted by Crippen LogP contribution is 2.45. The Hall–Kier alpha value is -2.88. The highest BCUT2D eigenvalue weighted by atomic mass is 35.5. The van der Waals surface area contributed by atoms with Crippen molar-refractivity contribution in [3.8, 4) is 21.6 Å². The Bertz CT molecular complexity index is 1090. The second-order valence-corrected chi connectivity index (χ2v) is 7.60. The van der Waals surface area contributed by atoms with Crippen LogP contribution in [0.3, 0.4) is 0 Å². The standard InChI is InChI=1S/C23H16ClNOS/c24-18-13-11-16(12-14-18)21(26)20-19(15-7-3-1-4-8-15)22(27-23(20)25)17-9-5-2-6-10-17/h1-14H,25H2. The molecule has 0 fully saturated rings. The lowest BCUT2D eigenvalue weighted by molar-refractivity contribution is 0.104. The number of thiophene rings is 1. The van der Waals surface area contributed by atoms with Crippen molar-refractivity contribution in [2.24, 2.45) is 0 Å². The number of ketones is 1. The van der Waals surface area contributed by atoms with E-state index in [1.807, 2.05) is 60.7 Å². The van der Waals surface area contributed by atoms with Gasteiger partial charge in [0.1, 0.15) is 0 Å². The first-order chi connectivity index (χ1) is 13.1. The molecule has 2 nitrogen and oxygen atoms in total. The molecule has 4 heteroatoms. The number of benzene rings is 3. The van der Waals surface area contributed by atoms with Gasteiger partial charge in [0.25, 0.3) is 0 Å². The summed E-state index contributed by atoms with van der Waals surface area (Å²) in [5.41, 5.74) is 10.4. The van der Waals surface area contributed by atoms with Gasteiger partial charge in [-0.15, -0.1) is 11.3 Å². The molecule has 0 amide bonds. The Kier molecular flexibility index (Phi) is 4.80. The van der Waals surface area contributed by atoms with E-state index in [2.05, 4.69) is 0 Å². The monoisotopic (exact) mass is 389 g/mol. The average Bonchev–Trinajstić information content (AvgIpc) is 3.06. The molecule has 2 N–H and O–H groups in total. The van der Waals surface area contributed by atoms with Crippen LogP contribution in [0.1, 0.15) is 15.9 Å². The van der Waals surface area contributed by atoms with Crippen molar-refractivity contribution < 1.29 is 4.79 Å². The minimum atomic E-state index is -0.0959. The van der Waals surface area contributed by atoms with Crippen molar-refractivity contribution in [1.29, 1.82) is 0 Å². The van der Waals surface area contributed by atoms with E-state index < -0.39 is 0 Å². The molecule has 1 heterocycles.